The smallest absolute Gasteiger partial charge is 0.251 e. The largest absolute Gasteiger partial charge is 0.472 e. The van der Waals surface area contributed by atoms with Gasteiger partial charge >= 0.3 is 0 Å². The van der Waals surface area contributed by atoms with Crippen molar-refractivity contribution in [1.29, 1.82) is 0 Å². The van der Waals surface area contributed by atoms with E-state index in [0.29, 0.717) is 31.1 Å². The molecule has 0 saturated carbocycles. The molecule has 7 heteroatoms. The molecule has 3 rings (SSSR count). The van der Waals surface area contributed by atoms with Crippen LogP contribution in [0.2, 0.25) is 0 Å². The van der Waals surface area contributed by atoms with Crippen LogP contribution < -0.4 is 15.4 Å². The van der Waals surface area contributed by atoms with E-state index in [-0.39, 0.29) is 30.5 Å². The molecule has 1 aliphatic rings. The second-order valence-corrected chi connectivity index (χ2v) is 5.91. The number of rotatable bonds is 6. The maximum Gasteiger partial charge on any atom is 0.251 e. The molecule has 0 bridgehead atoms. The van der Waals surface area contributed by atoms with Crippen LogP contribution in [0.3, 0.4) is 0 Å². The molecular weight excluding hydrogens is 334 g/mol. The number of nitrogens with zero attached hydrogens (tertiary/aromatic N) is 1. The van der Waals surface area contributed by atoms with E-state index >= 15 is 0 Å². The molecule has 26 heavy (non-hydrogen) atoms. The zero-order chi connectivity index (χ0) is 18.2. The van der Waals surface area contributed by atoms with Crippen LogP contribution in [-0.2, 0) is 9.53 Å². The van der Waals surface area contributed by atoms with Crippen LogP contribution >= 0.6 is 0 Å². The van der Waals surface area contributed by atoms with Gasteiger partial charge in [-0.2, -0.15) is 0 Å². The van der Waals surface area contributed by atoms with Crippen LogP contribution in [0.1, 0.15) is 16.8 Å². The van der Waals surface area contributed by atoms with E-state index in [1.165, 1.54) is 0 Å². The summed E-state index contributed by atoms with van der Waals surface area (Å²) in [6.45, 7) is 0.811. The highest BCUT2D eigenvalue weighted by molar-refractivity contribution is 5.96. The molecule has 1 saturated heterocycles. The van der Waals surface area contributed by atoms with Gasteiger partial charge in [0.25, 0.3) is 5.91 Å². The van der Waals surface area contributed by atoms with Crippen LogP contribution in [0.4, 0.5) is 0 Å². The van der Waals surface area contributed by atoms with E-state index in [2.05, 4.69) is 15.6 Å². The molecule has 1 fully saturated rings. The molecule has 7 nitrogen and oxygen atoms in total. The van der Waals surface area contributed by atoms with Crippen LogP contribution in [0.25, 0.3) is 0 Å². The number of pyridine rings is 1. The minimum absolute atomic E-state index is 0.111. The fourth-order valence-electron chi connectivity index (χ4n) is 2.68. The predicted molar refractivity (Wildman–Crippen MR) is 94.8 cm³/mol. The Morgan fingerprint density at radius 2 is 1.96 bits per heavy atom. The molecule has 2 amide bonds. The zero-order valence-corrected chi connectivity index (χ0v) is 14.3. The highest BCUT2D eigenvalue weighted by Gasteiger charge is 2.29. The molecule has 1 aromatic heterocycles. The number of amides is 2. The topological polar surface area (TPSA) is 89.6 Å². The van der Waals surface area contributed by atoms with E-state index in [9.17, 15) is 9.59 Å². The van der Waals surface area contributed by atoms with Crippen molar-refractivity contribution in [3.8, 4) is 5.88 Å². The third kappa shape index (κ3) is 5.03. The summed E-state index contributed by atoms with van der Waals surface area (Å²) in [5.41, 5.74) is 0.512. The Balaban J connectivity index is 1.50. The van der Waals surface area contributed by atoms with Gasteiger partial charge in [0.15, 0.2) is 0 Å². The quantitative estimate of drug-likeness (QED) is 0.812. The van der Waals surface area contributed by atoms with Gasteiger partial charge in [-0.15, -0.1) is 0 Å². The summed E-state index contributed by atoms with van der Waals surface area (Å²) >= 11 is 0. The van der Waals surface area contributed by atoms with E-state index in [1.54, 1.807) is 36.5 Å². The van der Waals surface area contributed by atoms with Crippen LogP contribution in [-0.4, -0.2) is 48.7 Å². The predicted octanol–water partition coefficient (Wildman–Crippen LogP) is 1.16. The molecular formula is C19H21N3O4. The summed E-state index contributed by atoms with van der Waals surface area (Å²) in [4.78, 5) is 28.3. The van der Waals surface area contributed by atoms with E-state index in [4.69, 9.17) is 9.47 Å². The van der Waals surface area contributed by atoms with Crippen molar-refractivity contribution in [2.24, 2.45) is 0 Å². The number of benzene rings is 1. The third-order valence-corrected chi connectivity index (χ3v) is 3.99. The van der Waals surface area contributed by atoms with E-state index in [1.807, 2.05) is 18.2 Å². The lowest BCUT2D eigenvalue weighted by molar-refractivity contribution is -0.123. The first-order valence-electron chi connectivity index (χ1n) is 8.50. The Labute approximate surface area is 151 Å². The molecule has 2 aromatic rings. The molecule has 0 radical (unpaired) electrons. The lowest BCUT2D eigenvalue weighted by Crippen LogP contribution is -2.53. The molecule has 1 aliphatic heterocycles. The Morgan fingerprint density at radius 1 is 1.15 bits per heavy atom. The molecule has 2 N–H and O–H groups in total. The summed E-state index contributed by atoms with van der Waals surface area (Å²) in [6, 6.07) is 13.9. The summed E-state index contributed by atoms with van der Waals surface area (Å²) in [7, 11) is 0. The van der Waals surface area contributed by atoms with Gasteiger partial charge < -0.3 is 20.1 Å². The summed E-state index contributed by atoms with van der Waals surface area (Å²) in [5, 5.41) is 5.47. The first-order chi connectivity index (χ1) is 12.7. The van der Waals surface area contributed by atoms with Gasteiger partial charge in [-0.05, 0) is 18.2 Å². The lowest BCUT2D eigenvalue weighted by Gasteiger charge is -2.32. The fourth-order valence-corrected chi connectivity index (χ4v) is 2.68. The van der Waals surface area contributed by atoms with Crippen molar-refractivity contribution >= 4 is 11.8 Å². The molecule has 2 heterocycles. The number of nitrogens with one attached hydrogen (secondary N) is 2. The van der Waals surface area contributed by atoms with Crippen molar-refractivity contribution in [2.45, 2.75) is 18.6 Å². The van der Waals surface area contributed by atoms with Gasteiger partial charge in [0.1, 0.15) is 6.10 Å². The van der Waals surface area contributed by atoms with Gasteiger partial charge in [0, 0.05) is 24.2 Å². The second-order valence-electron chi connectivity index (χ2n) is 5.91. The first-order valence-corrected chi connectivity index (χ1v) is 8.50. The van der Waals surface area contributed by atoms with E-state index in [0.717, 1.165) is 0 Å². The van der Waals surface area contributed by atoms with Crippen LogP contribution in [0.5, 0.6) is 5.88 Å². The van der Waals surface area contributed by atoms with Crippen molar-refractivity contribution < 1.29 is 19.1 Å². The highest BCUT2D eigenvalue weighted by Crippen LogP contribution is 2.15. The standard InChI is InChI=1S/C19H21N3O4/c23-17(12-21-19(24)14-6-2-1-3-7-14)22-15-13-25-11-9-16(15)26-18-8-4-5-10-20-18/h1-8,10,15-16H,9,11-13H2,(H,21,24)(H,22,23). The average Bonchev–Trinajstić information content (AvgIpc) is 2.69. The monoisotopic (exact) mass is 355 g/mol. The maximum atomic E-state index is 12.2. The number of carbonyl (C=O) groups excluding carboxylic acids is 2. The molecule has 0 spiro atoms. The lowest BCUT2D eigenvalue weighted by atomic mass is 10.1. The van der Waals surface area contributed by atoms with Crippen LogP contribution in [0, 0.1) is 0 Å². The molecule has 1 aromatic carbocycles. The second kappa shape index (κ2) is 8.96. The summed E-state index contributed by atoms with van der Waals surface area (Å²) in [5.74, 6) is -0.0719. The first kappa shape index (κ1) is 17.9. The van der Waals surface area contributed by atoms with Gasteiger partial charge in [-0.25, -0.2) is 4.98 Å². The molecule has 0 aliphatic carbocycles. The Kier molecular flexibility index (Phi) is 6.16. The van der Waals surface area contributed by atoms with Crippen molar-refractivity contribution in [1.82, 2.24) is 15.6 Å². The Morgan fingerprint density at radius 3 is 2.73 bits per heavy atom. The maximum absolute atomic E-state index is 12.2. The fraction of sp³-hybridized carbons (Fsp3) is 0.316. The summed E-state index contributed by atoms with van der Waals surface area (Å²) in [6.07, 6.45) is 2.08. The Bertz CT molecular complexity index is 724. The number of hydrogen-bond donors (Lipinski definition) is 2. The number of ether oxygens (including phenoxy) is 2. The third-order valence-electron chi connectivity index (χ3n) is 3.99. The molecule has 2 unspecified atom stereocenters. The van der Waals surface area contributed by atoms with Crippen molar-refractivity contribution in [3.05, 3.63) is 60.3 Å². The summed E-state index contributed by atoms with van der Waals surface area (Å²) < 4.78 is 11.3. The molecule has 2 atom stereocenters. The van der Waals surface area contributed by atoms with Crippen molar-refractivity contribution in [3.63, 3.8) is 0 Å². The van der Waals surface area contributed by atoms with Gasteiger partial charge in [-0.3, -0.25) is 9.59 Å². The average molecular weight is 355 g/mol. The van der Waals surface area contributed by atoms with Gasteiger partial charge in [0.2, 0.25) is 11.8 Å². The van der Waals surface area contributed by atoms with Gasteiger partial charge in [-0.1, -0.05) is 24.3 Å². The SMILES string of the molecule is O=C(CNC(=O)c1ccccc1)NC1COCCC1Oc1ccccn1. The van der Waals surface area contributed by atoms with Crippen molar-refractivity contribution in [2.75, 3.05) is 19.8 Å². The molecule has 136 valence electrons. The number of hydrogen-bond acceptors (Lipinski definition) is 5. The highest BCUT2D eigenvalue weighted by atomic mass is 16.5. The van der Waals surface area contributed by atoms with Gasteiger partial charge in [0.05, 0.1) is 25.8 Å². The zero-order valence-electron chi connectivity index (χ0n) is 14.3. The normalized spacial score (nSPS) is 19.4. The number of carbonyl (C=O) groups is 2. The minimum atomic E-state index is -0.299. The number of aromatic nitrogens is 1. The van der Waals surface area contributed by atoms with E-state index < -0.39 is 0 Å². The van der Waals surface area contributed by atoms with Crippen LogP contribution in [0.15, 0.2) is 54.7 Å². The Hall–Kier alpha value is -2.93. The minimum Gasteiger partial charge on any atom is -0.472 e.